The lowest BCUT2D eigenvalue weighted by molar-refractivity contribution is -0.123. The number of amides is 1. The zero-order chi connectivity index (χ0) is 13.7. The number of nitrogens with two attached hydrogens (primary N) is 1. The van der Waals surface area contributed by atoms with Gasteiger partial charge in [-0.3, -0.25) is 4.79 Å². The second-order valence-electron chi connectivity index (χ2n) is 3.84. The van der Waals surface area contributed by atoms with Crippen LogP contribution in [0.5, 0.6) is 0 Å². The van der Waals surface area contributed by atoms with Gasteiger partial charge < -0.3 is 20.4 Å². The fourth-order valence-corrected chi connectivity index (χ4v) is 1.46. The number of ether oxygens (including phenoxy) is 1. The molecule has 0 fully saturated rings. The fraction of sp³-hybridized carbons (Fsp3) is 0.545. The summed E-state index contributed by atoms with van der Waals surface area (Å²) in [6, 6.07) is -0.526. The number of hydrogen-bond acceptors (Lipinski definition) is 5. The van der Waals surface area contributed by atoms with Crippen molar-refractivity contribution < 1.29 is 14.3 Å². The minimum Gasteiger partial charge on any atom is -0.464 e. The fourth-order valence-electron chi connectivity index (χ4n) is 1.46. The lowest BCUT2D eigenvalue weighted by Gasteiger charge is -2.14. The van der Waals surface area contributed by atoms with E-state index in [1.807, 2.05) is 6.92 Å². The largest absolute Gasteiger partial charge is 0.464 e. The Bertz CT molecular complexity index is 441. The molecular formula is C11H18N4O3. The third-order valence-corrected chi connectivity index (χ3v) is 2.56. The summed E-state index contributed by atoms with van der Waals surface area (Å²) in [6.07, 6.45) is 2.21. The average molecular weight is 254 g/mol. The van der Waals surface area contributed by atoms with Gasteiger partial charge in [-0.1, -0.05) is 6.92 Å². The predicted octanol–water partition coefficient (Wildman–Crippen LogP) is 0.339. The Kier molecular flexibility index (Phi) is 4.70. The first-order valence-corrected chi connectivity index (χ1v) is 5.71. The number of aromatic nitrogens is 2. The molecule has 7 heteroatoms. The zero-order valence-electron chi connectivity index (χ0n) is 10.8. The summed E-state index contributed by atoms with van der Waals surface area (Å²) in [7, 11) is 1.25. The molecule has 3 N–H and O–H groups in total. The van der Waals surface area contributed by atoms with Crippen LogP contribution in [-0.4, -0.2) is 35.1 Å². The van der Waals surface area contributed by atoms with E-state index in [0.29, 0.717) is 6.54 Å². The number of nitrogen functional groups attached to an aromatic ring is 1. The monoisotopic (exact) mass is 254 g/mol. The number of anilines is 1. The van der Waals surface area contributed by atoms with E-state index < -0.39 is 12.0 Å². The molecule has 1 atom stereocenters. The van der Waals surface area contributed by atoms with Crippen molar-refractivity contribution in [1.82, 2.24) is 14.9 Å². The third-order valence-electron chi connectivity index (χ3n) is 2.56. The molecule has 0 radical (unpaired) electrons. The number of carbonyl (C=O) groups is 2. The third kappa shape index (κ3) is 2.79. The smallest absolute Gasteiger partial charge is 0.360 e. The molecule has 0 saturated carbocycles. The van der Waals surface area contributed by atoms with Gasteiger partial charge in [-0.05, 0) is 13.3 Å². The van der Waals surface area contributed by atoms with Gasteiger partial charge in [-0.15, -0.1) is 0 Å². The highest BCUT2D eigenvalue weighted by atomic mass is 16.5. The molecule has 1 unspecified atom stereocenters. The highest BCUT2D eigenvalue weighted by Gasteiger charge is 2.22. The van der Waals surface area contributed by atoms with Crippen molar-refractivity contribution in [3.8, 4) is 0 Å². The van der Waals surface area contributed by atoms with Crippen LogP contribution in [0, 0.1) is 0 Å². The van der Waals surface area contributed by atoms with Gasteiger partial charge in [0.25, 0.3) is 0 Å². The SMILES string of the molecule is CCCNC(=O)C(C)n1cnc(C(=O)OC)c1N. The number of nitrogens with zero attached hydrogens (tertiary/aromatic N) is 2. The van der Waals surface area contributed by atoms with Crippen molar-refractivity contribution in [3.05, 3.63) is 12.0 Å². The van der Waals surface area contributed by atoms with Gasteiger partial charge in [-0.25, -0.2) is 9.78 Å². The highest BCUT2D eigenvalue weighted by Crippen LogP contribution is 2.17. The molecule has 1 aromatic rings. The number of esters is 1. The van der Waals surface area contributed by atoms with E-state index in [4.69, 9.17) is 5.73 Å². The molecular weight excluding hydrogens is 236 g/mol. The van der Waals surface area contributed by atoms with Crippen molar-refractivity contribution in [2.75, 3.05) is 19.4 Å². The lowest BCUT2D eigenvalue weighted by Crippen LogP contribution is -2.31. The molecule has 100 valence electrons. The van der Waals surface area contributed by atoms with Crippen LogP contribution in [0.2, 0.25) is 0 Å². The van der Waals surface area contributed by atoms with Crippen molar-refractivity contribution in [2.24, 2.45) is 0 Å². The summed E-state index contributed by atoms with van der Waals surface area (Å²) in [4.78, 5) is 27.0. The molecule has 0 saturated heterocycles. The van der Waals surface area contributed by atoms with Crippen molar-refractivity contribution in [1.29, 1.82) is 0 Å². The van der Waals surface area contributed by atoms with Crippen LogP contribution in [0.4, 0.5) is 5.82 Å². The number of carbonyl (C=O) groups excluding carboxylic acids is 2. The van der Waals surface area contributed by atoms with E-state index in [9.17, 15) is 9.59 Å². The first kappa shape index (κ1) is 14.0. The Labute approximate surface area is 105 Å². The first-order chi connectivity index (χ1) is 8.52. The first-order valence-electron chi connectivity index (χ1n) is 5.71. The topological polar surface area (TPSA) is 99.2 Å². The summed E-state index contributed by atoms with van der Waals surface area (Å²) in [5, 5.41) is 2.75. The zero-order valence-corrected chi connectivity index (χ0v) is 10.8. The highest BCUT2D eigenvalue weighted by molar-refractivity contribution is 5.92. The molecule has 1 amide bonds. The number of nitrogens with one attached hydrogen (secondary N) is 1. The number of imidazole rings is 1. The van der Waals surface area contributed by atoms with Gasteiger partial charge in [0.1, 0.15) is 11.9 Å². The Morgan fingerprint density at radius 3 is 2.83 bits per heavy atom. The predicted molar refractivity (Wildman–Crippen MR) is 66.0 cm³/mol. The van der Waals surface area contributed by atoms with Crippen LogP contribution in [0.3, 0.4) is 0 Å². The lowest BCUT2D eigenvalue weighted by atomic mass is 10.3. The van der Waals surface area contributed by atoms with E-state index in [0.717, 1.165) is 6.42 Å². The van der Waals surface area contributed by atoms with Gasteiger partial charge in [0, 0.05) is 6.54 Å². The Morgan fingerprint density at radius 1 is 1.61 bits per heavy atom. The second-order valence-corrected chi connectivity index (χ2v) is 3.84. The van der Waals surface area contributed by atoms with Crippen LogP contribution in [-0.2, 0) is 9.53 Å². The van der Waals surface area contributed by atoms with E-state index in [1.54, 1.807) is 6.92 Å². The van der Waals surface area contributed by atoms with Gasteiger partial charge >= 0.3 is 5.97 Å². The maximum absolute atomic E-state index is 11.8. The molecule has 1 aromatic heterocycles. The summed E-state index contributed by atoms with van der Waals surface area (Å²) in [5.74, 6) is -0.661. The van der Waals surface area contributed by atoms with E-state index in [-0.39, 0.29) is 17.4 Å². The standard InChI is InChI=1S/C11H18N4O3/c1-4-5-13-10(16)7(2)15-6-14-8(9(15)12)11(17)18-3/h6-7H,4-5,12H2,1-3H3,(H,13,16). The quantitative estimate of drug-likeness (QED) is 0.738. The van der Waals surface area contributed by atoms with Crippen LogP contribution in [0.1, 0.15) is 36.8 Å². The van der Waals surface area contributed by atoms with Crippen LogP contribution in [0.15, 0.2) is 6.33 Å². The Hall–Kier alpha value is -2.05. The van der Waals surface area contributed by atoms with E-state index in [2.05, 4.69) is 15.0 Å². The summed E-state index contributed by atoms with van der Waals surface area (Å²) in [6.45, 7) is 4.25. The van der Waals surface area contributed by atoms with Gasteiger partial charge in [0.05, 0.1) is 13.4 Å². The maximum Gasteiger partial charge on any atom is 0.360 e. The molecule has 0 spiro atoms. The summed E-state index contributed by atoms with van der Waals surface area (Å²) >= 11 is 0. The molecule has 1 rings (SSSR count). The number of hydrogen-bond donors (Lipinski definition) is 2. The van der Waals surface area contributed by atoms with Crippen LogP contribution in [0.25, 0.3) is 0 Å². The number of rotatable bonds is 5. The minimum atomic E-state index is -0.618. The number of methoxy groups -OCH3 is 1. The molecule has 7 nitrogen and oxygen atoms in total. The molecule has 0 aliphatic heterocycles. The van der Waals surface area contributed by atoms with Crippen molar-refractivity contribution >= 4 is 17.7 Å². The van der Waals surface area contributed by atoms with Crippen LogP contribution < -0.4 is 11.1 Å². The maximum atomic E-state index is 11.8. The normalized spacial score (nSPS) is 11.9. The molecule has 0 aliphatic rings. The minimum absolute atomic E-state index is 0.0210. The van der Waals surface area contributed by atoms with Gasteiger partial charge in [0.2, 0.25) is 5.91 Å². The van der Waals surface area contributed by atoms with Gasteiger partial charge in [0.15, 0.2) is 5.69 Å². The molecule has 18 heavy (non-hydrogen) atoms. The second kappa shape index (κ2) is 6.04. The molecule has 0 bridgehead atoms. The average Bonchev–Trinajstić information content (AvgIpc) is 2.75. The Balaban J connectivity index is 2.87. The van der Waals surface area contributed by atoms with E-state index in [1.165, 1.54) is 18.0 Å². The summed E-state index contributed by atoms with van der Waals surface area (Å²) < 4.78 is 5.98. The molecule has 0 aromatic carbocycles. The van der Waals surface area contributed by atoms with E-state index >= 15 is 0 Å². The van der Waals surface area contributed by atoms with Crippen LogP contribution >= 0.6 is 0 Å². The molecule has 1 heterocycles. The van der Waals surface area contributed by atoms with Crippen molar-refractivity contribution in [2.45, 2.75) is 26.3 Å². The van der Waals surface area contributed by atoms with Gasteiger partial charge in [-0.2, -0.15) is 0 Å². The summed E-state index contributed by atoms with van der Waals surface area (Å²) in [5.41, 5.74) is 5.79. The van der Waals surface area contributed by atoms with Crippen molar-refractivity contribution in [3.63, 3.8) is 0 Å². The molecule has 0 aliphatic carbocycles. The Morgan fingerprint density at radius 2 is 2.28 bits per heavy atom.